The highest BCUT2D eigenvalue weighted by atomic mass is 35.5. The van der Waals surface area contributed by atoms with E-state index in [4.69, 9.17) is 4.74 Å². The maximum Gasteiger partial charge on any atom is 0.326 e. The molecule has 1 N–H and O–H groups in total. The lowest BCUT2D eigenvalue weighted by molar-refractivity contribution is -0.159. The van der Waals surface area contributed by atoms with E-state index in [1.54, 1.807) is 0 Å². The Bertz CT molecular complexity index is 210. The zero-order chi connectivity index (χ0) is 8.60. The number of rotatable bonds is 1. The second-order valence-corrected chi connectivity index (χ2v) is 3.77. The van der Waals surface area contributed by atoms with Crippen LogP contribution in [0.1, 0.15) is 25.7 Å². The highest BCUT2D eigenvalue weighted by Crippen LogP contribution is 2.44. The molecule has 3 nitrogen and oxygen atoms in total. The second kappa shape index (κ2) is 3.84. The summed E-state index contributed by atoms with van der Waals surface area (Å²) in [5.41, 5.74) is -0.285. The summed E-state index contributed by atoms with van der Waals surface area (Å²) in [5, 5.41) is 3.31. The fraction of sp³-hybridized carbons (Fsp3) is 0.889. The Balaban J connectivity index is 0.000000845. The molecule has 0 aromatic heterocycles. The first-order valence-corrected chi connectivity index (χ1v) is 4.63. The van der Waals surface area contributed by atoms with Crippen molar-refractivity contribution >= 4 is 18.4 Å². The third-order valence-electron chi connectivity index (χ3n) is 3.30. The van der Waals surface area contributed by atoms with Crippen molar-refractivity contribution in [1.82, 2.24) is 5.32 Å². The van der Waals surface area contributed by atoms with E-state index in [0.717, 1.165) is 13.0 Å². The van der Waals surface area contributed by atoms with Gasteiger partial charge in [-0.25, -0.2) is 0 Å². The van der Waals surface area contributed by atoms with Crippen LogP contribution in [0.3, 0.4) is 0 Å². The third-order valence-corrected chi connectivity index (χ3v) is 3.30. The van der Waals surface area contributed by atoms with E-state index in [9.17, 15) is 4.79 Å². The van der Waals surface area contributed by atoms with Gasteiger partial charge in [-0.05, 0) is 38.1 Å². The Labute approximate surface area is 84.6 Å². The largest absolute Gasteiger partial charge is 0.468 e. The van der Waals surface area contributed by atoms with Gasteiger partial charge in [0.05, 0.1) is 7.11 Å². The minimum Gasteiger partial charge on any atom is -0.468 e. The van der Waals surface area contributed by atoms with Crippen LogP contribution in [0.4, 0.5) is 0 Å². The van der Waals surface area contributed by atoms with Crippen LogP contribution in [0.5, 0.6) is 0 Å². The van der Waals surface area contributed by atoms with Crippen LogP contribution in [0, 0.1) is 5.92 Å². The molecule has 0 aromatic carbocycles. The molecule has 2 aliphatic rings. The van der Waals surface area contributed by atoms with Gasteiger partial charge in [0.2, 0.25) is 0 Å². The molecule has 1 saturated carbocycles. The quantitative estimate of drug-likeness (QED) is 0.652. The van der Waals surface area contributed by atoms with E-state index in [1.807, 2.05) is 0 Å². The molecule has 13 heavy (non-hydrogen) atoms. The van der Waals surface area contributed by atoms with E-state index in [1.165, 1.54) is 26.4 Å². The van der Waals surface area contributed by atoms with Crippen molar-refractivity contribution < 1.29 is 9.53 Å². The van der Waals surface area contributed by atoms with Crippen LogP contribution >= 0.6 is 12.4 Å². The third kappa shape index (κ3) is 1.44. The van der Waals surface area contributed by atoms with Crippen LogP contribution < -0.4 is 5.32 Å². The Kier molecular flexibility index (Phi) is 3.19. The maximum absolute atomic E-state index is 11.5. The van der Waals surface area contributed by atoms with E-state index in [2.05, 4.69) is 5.32 Å². The Morgan fingerprint density at radius 1 is 1.54 bits per heavy atom. The molecular formula is C9H16ClNO2. The van der Waals surface area contributed by atoms with Gasteiger partial charge in [-0.15, -0.1) is 12.4 Å². The molecule has 0 amide bonds. The fourth-order valence-corrected chi connectivity index (χ4v) is 2.44. The summed E-state index contributed by atoms with van der Waals surface area (Å²) in [5.74, 6) is 0.483. The number of esters is 1. The summed E-state index contributed by atoms with van der Waals surface area (Å²) >= 11 is 0. The smallest absolute Gasteiger partial charge is 0.326 e. The average Bonchev–Trinajstić information content (AvgIpc) is 2.06. The summed E-state index contributed by atoms with van der Waals surface area (Å²) in [4.78, 5) is 11.5. The number of halogens is 1. The highest BCUT2D eigenvalue weighted by molar-refractivity contribution is 5.85. The van der Waals surface area contributed by atoms with E-state index in [-0.39, 0.29) is 23.9 Å². The number of methoxy groups -OCH3 is 1. The number of carbonyl (C=O) groups is 1. The molecule has 1 aliphatic carbocycles. The van der Waals surface area contributed by atoms with E-state index in [0.29, 0.717) is 5.92 Å². The number of fused-ring (bicyclic) bond motifs is 1. The molecule has 2 atom stereocenters. The first kappa shape index (κ1) is 10.8. The number of ether oxygens (including phenoxy) is 1. The van der Waals surface area contributed by atoms with Crippen LogP contribution in [-0.4, -0.2) is 25.2 Å². The number of piperidine rings is 1. The molecule has 0 radical (unpaired) electrons. The molecule has 2 fully saturated rings. The van der Waals surface area contributed by atoms with Gasteiger partial charge in [0.25, 0.3) is 0 Å². The lowest BCUT2D eigenvalue weighted by Gasteiger charge is -2.50. The van der Waals surface area contributed by atoms with Gasteiger partial charge in [0.15, 0.2) is 0 Å². The van der Waals surface area contributed by atoms with Gasteiger partial charge in [0.1, 0.15) is 5.54 Å². The van der Waals surface area contributed by atoms with Crippen LogP contribution in [-0.2, 0) is 9.53 Å². The minimum absolute atomic E-state index is 0. The van der Waals surface area contributed by atoms with Crippen molar-refractivity contribution in [3.05, 3.63) is 0 Å². The van der Waals surface area contributed by atoms with Crippen LogP contribution in [0.2, 0.25) is 0 Å². The fourth-order valence-electron chi connectivity index (χ4n) is 2.44. The maximum atomic E-state index is 11.5. The van der Waals surface area contributed by atoms with Crippen molar-refractivity contribution in [2.75, 3.05) is 13.7 Å². The molecule has 1 aliphatic heterocycles. The van der Waals surface area contributed by atoms with Gasteiger partial charge in [0, 0.05) is 0 Å². The van der Waals surface area contributed by atoms with Gasteiger partial charge in [-0.1, -0.05) is 0 Å². The Morgan fingerprint density at radius 2 is 2.31 bits per heavy atom. The van der Waals surface area contributed by atoms with Crippen molar-refractivity contribution in [1.29, 1.82) is 0 Å². The first-order chi connectivity index (χ1) is 5.79. The molecule has 1 heterocycles. The van der Waals surface area contributed by atoms with E-state index >= 15 is 0 Å². The van der Waals surface area contributed by atoms with Crippen molar-refractivity contribution in [2.45, 2.75) is 31.2 Å². The lowest BCUT2D eigenvalue weighted by Crippen LogP contribution is -2.66. The first-order valence-electron chi connectivity index (χ1n) is 4.63. The predicted octanol–water partition coefficient (Wildman–Crippen LogP) is 1.11. The lowest BCUT2D eigenvalue weighted by atomic mass is 9.63. The van der Waals surface area contributed by atoms with Gasteiger partial charge in [-0.2, -0.15) is 0 Å². The zero-order valence-corrected chi connectivity index (χ0v) is 8.65. The molecule has 0 bridgehead atoms. The van der Waals surface area contributed by atoms with Crippen molar-refractivity contribution in [3.63, 3.8) is 0 Å². The monoisotopic (exact) mass is 205 g/mol. The molecule has 4 heteroatoms. The second-order valence-electron chi connectivity index (χ2n) is 3.77. The molecule has 0 unspecified atom stereocenters. The van der Waals surface area contributed by atoms with E-state index < -0.39 is 0 Å². The van der Waals surface area contributed by atoms with Gasteiger partial charge in [-0.3, -0.25) is 4.79 Å². The summed E-state index contributed by atoms with van der Waals surface area (Å²) < 4.78 is 4.81. The minimum atomic E-state index is -0.285. The molecule has 0 aromatic rings. The number of nitrogens with one attached hydrogen (secondary N) is 1. The SMILES string of the molecule is COC(=O)[C@@]12CC[C@@H]1CCCN2.Cl. The standard InChI is InChI=1S/C9H15NO2.ClH/c1-12-8(11)9-5-4-7(9)3-2-6-10-9;/h7,10H,2-6H2,1H3;1H/t7-,9+;/m0./s1. The summed E-state index contributed by atoms with van der Waals surface area (Å²) in [6.45, 7) is 0.964. The summed E-state index contributed by atoms with van der Waals surface area (Å²) in [6.07, 6.45) is 4.53. The van der Waals surface area contributed by atoms with Crippen LogP contribution in [0.25, 0.3) is 0 Å². The molecular weight excluding hydrogens is 190 g/mol. The zero-order valence-electron chi connectivity index (χ0n) is 7.84. The topological polar surface area (TPSA) is 38.3 Å². The average molecular weight is 206 g/mol. The number of carbonyl (C=O) groups excluding carboxylic acids is 1. The molecule has 0 spiro atoms. The highest BCUT2D eigenvalue weighted by Gasteiger charge is 2.54. The number of hydrogen-bond acceptors (Lipinski definition) is 3. The number of hydrogen-bond donors (Lipinski definition) is 1. The summed E-state index contributed by atoms with van der Waals surface area (Å²) in [6, 6.07) is 0. The van der Waals surface area contributed by atoms with Gasteiger partial charge >= 0.3 is 5.97 Å². The van der Waals surface area contributed by atoms with Crippen LogP contribution in [0.15, 0.2) is 0 Å². The molecule has 1 saturated heterocycles. The Morgan fingerprint density at radius 3 is 2.77 bits per heavy atom. The normalized spacial score (nSPS) is 36.5. The summed E-state index contributed by atoms with van der Waals surface area (Å²) in [7, 11) is 1.47. The van der Waals surface area contributed by atoms with Gasteiger partial charge < -0.3 is 10.1 Å². The van der Waals surface area contributed by atoms with Crippen molar-refractivity contribution in [2.24, 2.45) is 5.92 Å². The molecule has 2 rings (SSSR count). The van der Waals surface area contributed by atoms with Crippen molar-refractivity contribution in [3.8, 4) is 0 Å². The Hall–Kier alpha value is -0.280. The predicted molar refractivity (Wildman–Crippen MR) is 52.0 cm³/mol. The molecule has 76 valence electrons.